The second kappa shape index (κ2) is 10.1. The number of ketones is 1. The number of para-hydroxylation sites is 1. The summed E-state index contributed by atoms with van der Waals surface area (Å²) in [6.07, 6.45) is 1.66. The number of benzene rings is 2. The van der Waals surface area contributed by atoms with Gasteiger partial charge in [-0.05, 0) is 65.7 Å². The van der Waals surface area contributed by atoms with Crippen molar-refractivity contribution in [2.75, 3.05) is 11.9 Å². The zero-order chi connectivity index (χ0) is 23.6. The molecule has 2 N–H and O–H groups in total. The molecular weight excluding hydrogens is 541 g/mol. The van der Waals surface area contributed by atoms with Crippen LogP contribution in [0.3, 0.4) is 0 Å². The fourth-order valence-electron chi connectivity index (χ4n) is 3.08. The molecule has 0 spiro atoms. The molecule has 0 fully saturated rings. The molecule has 0 unspecified atom stereocenters. The van der Waals surface area contributed by atoms with Crippen molar-refractivity contribution in [2.24, 2.45) is 0 Å². The highest BCUT2D eigenvalue weighted by Crippen LogP contribution is 2.32. The van der Waals surface area contributed by atoms with Crippen LogP contribution >= 0.6 is 50.7 Å². The number of nitrogens with one attached hydrogen (secondary N) is 2. The lowest BCUT2D eigenvalue weighted by molar-refractivity contribution is -0.116. The van der Waals surface area contributed by atoms with Gasteiger partial charge in [0.15, 0.2) is 0 Å². The number of carbonyl (C=O) groups excluding carboxylic acids is 3. The van der Waals surface area contributed by atoms with Crippen molar-refractivity contribution in [2.45, 2.75) is 13.8 Å². The van der Waals surface area contributed by atoms with E-state index in [2.05, 4.69) is 26.6 Å². The molecule has 0 aliphatic heterocycles. The number of nitrogens with zero attached hydrogens (tertiary/aromatic N) is 1. The first-order valence-corrected chi connectivity index (χ1v) is 11.2. The second-order valence-corrected chi connectivity index (χ2v) is 9.13. The van der Waals surface area contributed by atoms with Gasteiger partial charge in [-0.1, -0.05) is 40.9 Å². The van der Waals surface area contributed by atoms with Gasteiger partial charge in [-0.25, -0.2) is 0 Å². The average molecular weight is 558 g/mol. The fraction of sp³-hybridized carbons (Fsp3) is 0.136. The molecule has 32 heavy (non-hydrogen) atoms. The Bertz CT molecular complexity index is 1220. The van der Waals surface area contributed by atoms with E-state index in [1.54, 1.807) is 48.0 Å². The molecule has 0 saturated carbocycles. The van der Waals surface area contributed by atoms with Gasteiger partial charge >= 0.3 is 0 Å². The molecule has 0 bridgehead atoms. The predicted molar refractivity (Wildman–Crippen MR) is 131 cm³/mol. The maximum Gasteiger partial charge on any atom is 0.272 e. The summed E-state index contributed by atoms with van der Waals surface area (Å²) in [6.45, 7) is 2.93. The monoisotopic (exact) mass is 555 g/mol. The summed E-state index contributed by atoms with van der Waals surface area (Å²) < 4.78 is 2.19. The smallest absolute Gasteiger partial charge is 0.272 e. The molecule has 3 aromatic rings. The Hall–Kier alpha value is -2.32. The Morgan fingerprint density at radius 3 is 2.31 bits per heavy atom. The summed E-state index contributed by atoms with van der Waals surface area (Å²) in [5, 5.41) is 6.35. The Morgan fingerprint density at radius 2 is 1.69 bits per heavy atom. The number of rotatable bonds is 6. The van der Waals surface area contributed by atoms with Crippen LogP contribution in [0, 0.1) is 6.92 Å². The SMILES string of the molecule is CC(=O)CNC(=O)c1cc(Cl)cc(C)c1NC(=O)c1cc(Br)cn1-c1c(Cl)cccc1Cl. The summed E-state index contributed by atoms with van der Waals surface area (Å²) in [4.78, 5) is 37.2. The highest BCUT2D eigenvalue weighted by atomic mass is 79.9. The molecule has 2 aromatic carbocycles. The van der Waals surface area contributed by atoms with Crippen LogP contribution in [0.4, 0.5) is 5.69 Å². The van der Waals surface area contributed by atoms with E-state index in [1.807, 2.05) is 0 Å². The molecule has 0 atom stereocenters. The standard InChI is InChI=1S/C22H17BrCl3N3O3/c1-11-6-14(24)8-15(21(31)27-9-12(2)30)19(11)28-22(32)18-7-13(23)10-29(18)20-16(25)4-3-5-17(20)26/h3-8,10H,9H2,1-2H3,(H,27,31)(H,28,32). The number of anilines is 1. The van der Waals surface area contributed by atoms with Crippen LogP contribution in [0.25, 0.3) is 5.69 Å². The average Bonchev–Trinajstić information content (AvgIpc) is 3.09. The second-order valence-electron chi connectivity index (χ2n) is 6.97. The van der Waals surface area contributed by atoms with Gasteiger partial charge in [0.2, 0.25) is 0 Å². The maximum absolute atomic E-state index is 13.3. The van der Waals surface area contributed by atoms with Crippen LogP contribution in [0.5, 0.6) is 0 Å². The van der Waals surface area contributed by atoms with Crippen LogP contribution in [0.2, 0.25) is 15.1 Å². The molecule has 0 radical (unpaired) electrons. The van der Waals surface area contributed by atoms with Crippen LogP contribution < -0.4 is 10.6 Å². The normalized spacial score (nSPS) is 10.7. The summed E-state index contributed by atoms with van der Waals surface area (Å²) >= 11 is 22.2. The number of aryl methyl sites for hydroxylation is 1. The molecule has 0 aliphatic carbocycles. The molecule has 2 amide bonds. The van der Waals surface area contributed by atoms with Crippen LogP contribution in [0.1, 0.15) is 33.3 Å². The van der Waals surface area contributed by atoms with Gasteiger partial charge in [0.1, 0.15) is 11.5 Å². The van der Waals surface area contributed by atoms with Crippen LogP contribution in [-0.4, -0.2) is 28.7 Å². The van der Waals surface area contributed by atoms with Gasteiger partial charge in [-0.2, -0.15) is 0 Å². The minimum atomic E-state index is -0.535. The number of hydrogen-bond donors (Lipinski definition) is 2. The molecular formula is C22H17BrCl3N3O3. The third-order valence-corrected chi connectivity index (χ3v) is 5.74. The lowest BCUT2D eigenvalue weighted by atomic mass is 10.1. The van der Waals surface area contributed by atoms with Gasteiger partial charge in [-0.3, -0.25) is 14.4 Å². The Labute approximate surface area is 208 Å². The zero-order valence-electron chi connectivity index (χ0n) is 16.9. The summed E-state index contributed by atoms with van der Waals surface area (Å²) in [5.74, 6) is -1.24. The van der Waals surface area contributed by atoms with Crippen molar-refractivity contribution in [1.29, 1.82) is 0 Å². The lowest BCUT2D eigenvalue weighted by Gasteiger charge is -2.16. The molecule has 1 heterocycles. The summed E-state index contributed by atoms with van der Waals surface area (Å²) in [7, 11) is 0. The van der Waals surface area contributed by atoms with Crippen molar-refractivity contribution in [3.8, 4) is 5.69 Å². The molecule has 166 valence electrons. The van der Waals surface area contributed by atoms with Gasteiger partial charge in [0.05, 0.1) is 33.5 Å². The van der Waals surface area contributed by atoms with Gasteiger partial charge < -0.3 is 15.2 Å². The molecule has 10 heteroatoms. The Balaban J connectivity index is 2.02. The fourth-order valence-corrected chi connectivity index (χ4v) is 4.35. The van der Waals surface area contributed by atoms with Gasteiger partial charge in [0.25, 0.3) is 11.8 Å². The molecule has 1 aromatic heterocycles. The zero-order valence-corrected chi connectivity index (χ0v) is 20.8. The first-order valence-electron chi connectivity index (χ1n) is 9.30. The van der Waals surface area contributed by atoms with E-state index < -0.39 is 11.8 Å². The lowest BCUT2D eigenvalue weighted by Crippen LogP contribution is -2.29. The third kappa shape index (κ3) is 5.35. The van der Waals surface area contributed by atoms with E-state index in [0.29, 0.717) is 30.8 Å². The van der Waals surface area contributed by atoms with Crippen molar-refractivity contribution in [3.63, 3.8) is 0 Å². The number of aromatic nitrogens is 1. The number of Topliss-reactive ketones (excluding diaryl/α,β-unsaturated/α-hetero) is 1. The molecule has 0 aliphatic rings. The van der Waals surface area contributed by atoms with Crippen molar-refractivity contribution >= 4 is 74.0 Å². The van der Waals surface area contributed by atoms with E-state index in [0.717, 1.165) is 0 Å². The van der Waals surface area contributed by atoms with Gasteiger partial charge in [-0.15, -0.1) is 0 Å². The molecule has 3 rings (SSSR count). The predicted octanol–water partition coefficient (Wildman–Crippen LogP) is 6.08. The first kappa shape index (κ1) is 24.3. The summed E-state index contributed by atoms with van der Waals surface area (Å²) in [5.41, 5.74) is 1.66. The van der Waals surface area contributed by atoms with E-state index in [4.69, 9.17) is 34.8 Å². The minimum Gasteiger partial charge on any atom is -0.345 e. The number of amides is 2. The largest absolute Gasteiger partial charge is 0.345 e. The molecule has 6 nitrogen and oxygen atoms in total. The maximum atomic E-state index is 13.3. The van der Waals surface area contributed by atoms with Crippen molar-refractivity contribution in [3.05, 3.63) is 79.0 Å². The number of carbonyl (C=O) groups is 3. The van der Waals surface area contributed by atoms with Gasteiger partial charge in [0, 0.05) is 15.7 Å². The quantitative estimate of drug-likeness (QED) is 0.386. The molecule has 0 saturated heterocycles. The topological polar surface area (TPSA) is 80.2 Å². The number of halogens is 4. The van der Waals surface area contributed by atoms with Crippen molar-refractivity contribution in [1.82, 2.24) is 9.88 Å². The van der Waals surface area contributed by atoms with Crippen LogP contribution in [0.15, 0.2) is 47.1 Å². The Morgan fingerprint density at radius 1 is 1.03 bits per heavy atom. The third-order valence-electron chi connectivity index (χ3n) is 4.48. The highest BCUT2D eigenvalue weighted by Gasteiger charge is 2.22. The number of hydrogen-bond acceptors (Lipinski definition) is 3. The first-order chi connectivity index (χ1) is 15.1. The summed E-state index contributed by atoms with van der Waals surface area (Å²) in [6, 6.07) is 9.70. The highest BCUT2D eigenvalue weighted by molar-refractivity contribution is 9.10. The van der Waals surface area contributed by atoms with E-state index >= 15 is 0 Å². The van der Waals surface area contributed by atoms with E-state index in [-0.39, 0.29) is 29.3 Å². The Kier molecular flexibility index (Phi) is 7.67. The van der Waals surface area contributed by atoms with E-state index in [1.165, 1.54) is 13.0 Å². The van der Waals surface area contributed by atoms with E-state index in [9.17, 15) is 14.4 Å². The minimum absolute atomic E-state index is 0.137. The van der Waals surface area contributed by atoms with Crippen LogP contribution in [-0.2, 0) is 4.79 Å². The van der Waals surface area contributed by atoms with Crippen molar-refractivity contribution < 1.29 is 14.4 Å².